The maximum Gasteiger partial charge on any atom is 0.412 e. The third-order valence-electron chi connectivity index (χ3n) is 12.1. The van der Waals surface area contributed by atoms with Gasteiger partial charge in [0.2, 0.25) is 15.8 Å². The summed E-state index contributed by atoms with van der Waals surface area (Å²) in [6, 6.07) is 22.7. The molecule has 3 N–H and O–H groups in total. The zero-order valence-corrected chi connectivity index (χ0v) is 35.6. The van der Waals surface area contributed by atoms with Crippen molar-refractivity contribution in [2.45, 2.75) is 81.1 Å². The van der Waals surface area contributed by atoms with Crippen molar-refractivity contribution in [1.29, 1.82) is 0 Å². The molecule has 3 aromatic carbocycles. The second-order valence-corrected chi connectivity index (χ2v) is 17.8. The number of benzene rings is 3. The lowest BCUT2D eigenvalue weighted by Gasteiger charge is -2.59. The number of hydrogen-bond donors (Lipinski definition) is 3. The zero-order valence-electron chi connectivity index (χ0n) is 34.8. The van der Waals surface area contributed by atoms with Crippen molar-refractivity contribution < 1.29 is 42.5 Å². The lowest BCUT2D eigenvalue weighted by atomic mass is 9.55. The van der Waals surface area contributed by atoms with Crippen LogP contribution in [0.2, 0.25) is 0 Å². The second-order valence-electron chi connectivity index (χ2n) is 15.8. The molecule has 6 atom stereocenters. The maximum atomic E-state index is 15.1. The number of likely N-dealkylation sites (N-methyl/N-ethyl adjacent to an activating group) is 1. The first-order valence-corrected chi connectivity index (χ1v) is 22.6. The normalized spacial score (nSPS) is 23.7. The van der Waals surface area contributed by atoms with Gasteiger partial charge in [-0.3, -0.25) is 4.98 Å². The topological polar surface area (TPSA) is 169 Å². The van der Waals surface area contributed by atoms with E-state index < -0.39 is 33.9 Å². The first kappa shape index (κ1) is 44.0. The van der Waals surface area contributed by atoms with Gasteiger partial charge in [-0.2, -0.15) is 4.31 Å². The Morgan fingerprint density at radius 1 is 1.03 bits per heavy atom. The van der Waals surface area contributed by atoms with E-state index in [0.29, 0.717) is 53.9 Å². The molecule has 0 unspecified atom stereocenters. The number of carbonyl (C=O) groups excluding carboxylic acids is 1. The molecule has 4 aromatic rings. The molecular weight excluding hydrogens is 797 g/mol. The standard InChI is InChI=1S/C47H56N4O9S/c1-4-27-57-47-42(51(3)61(55,56)41-21-13-18-33-19-14-24-49-45(33)41)30-39(50-58-31-32-15-7-6-8-16-32)37-28-34(17-9-11-25-52)36(20-10-12-26-53)43(44(37)47)38-29-35(22-23-40(38)60-47)59-46(54)48-5-2/h4,6-8,13-16,18-19,21-24,28-29,34,36,42-44,52-53H,1,5,9-12,17,20,25-27,30-31H2,2-3H3,(H,48,54)/t34-,36+,42-,43+,44+,47+/m0/s1. The summed E-state index contributed by atoms with van der Waals surface area (Å²) < 4.78 is 51.5. The number of unbranched alkanes of at least 4 members (excludes halogenated alkanes) is 2. The molecule has 2 heterocycles. The van der Waals surface area contributed by atoms with Crippen LogP contribution in [0, 0.1) is 17.8 Å². The summed E-state index contributed by atoms with van der Waals surface area (Å²) >= 11 is 0. The van der Waals surface area contributed by atoms with Gasteiger partial charge in [0, 0.05) is 56.3 Å². The van der Waals surface area contributed by atoms with Crippen molar-refractivity contribution >= 4 is 32.7 Å². The smallest absolute Gasteiger partial charge is 0.412 e. The molecule has 13 nitrogen and oxygen atoms in total. The Morgan fingerprint density at radius 2 is 1.80 bits per heavy atom. The van der Waals surface area contributed by atoms with E-state index in [2.05, 4.69) is 23.0 Å². The van der Waals surface area contributed by atoms with E-state index in [1.165, 1.54) is 4.31 Å². The van der Waals surface area contributed by atoms with Crippen LogP contribution < -0.4 is 14.8 Å². The van der Waals surface area contributed by atoms with E-state index in [9.17, 15) is 15.0 Å². The van der Waals surface area contributed by atoms with Crippen LogP contribution >= 0.6 is 0 Å². The number of nitrogens with one attached hydrogen (secondary N) is 1. The van der Waals surface area contributed by atoms with Crippen molar-refractivity contribution in [3.63, 3.8) is 0 Å². The van der Waals surface area contributed by atoms with Gasteiger partial charge in [0.25, 0.3) is 0 Å². The first-order valence-electron chi connectivity index (χ1n) is 21.2. The summed E-state index contributed by atoms with van der Waals surface area (Å²) in [6.07, 6.45) is 9.10. The summed E-state index contributed by atoms with van der Waals surface area (Å²) in [7, 11) is -2.75. The first-order chi connectivity index (χ1) is 29.7. The minimum absolute atomic E-state index is 0.0170. The number of para-hydroxylation sites is 1. The quantitative estimate of drug-likeness (QED) is 0.0488. The third kappa shape index (κ3) is 9.10. The van der Waals surface area contributed by atoms with Crippen LogP contribution in [0.25, 0.3) is 10.9 Å². The molecule has 1 aromatic heterocycles. The number of pyridine rings is 1. The molecule has 1 amide bonds. The van der Waals surface area contributed by atoms with Crippen molar-refractivity contribution in [1.82, 2.24) is 14.6 Å². The van der Waals surface area contributed by atoms with Crippen LogP contribution in [0.4, 0.5) is 4.79 Å². The number of aliphatic hydroxyl groups is 2. The number of sulfonamides is 1. The fourth-order valence-corrected chi connectivity index (χ4v) is 11.0. The van der Waals surface area contributed by atoms with Crippen LogP contribution in [0.3, 0.4) is 0 Å². The highest BCUT2D eigenvalue weighted by molar-refractivity contribution is 7.89. The van der Waals surface area contributed by atoms with Gasteiger partial charge in [-0.05, 0) is 85.9 Å². The van der Waals surface area contributed by atoms with Gasteiger partial charge in [0.15, 0.2) is 0 Å². The lowest BCUT2D eigenvalue weighted by Crippen LogP contribution is -2.69. The molecule has 3 aliphatic rings. The average Bonchev–Trinajstić information content (AvgIpc) is 3.27. The summed E-state index contributed by atoms with van der Waals surface area (Å²) in [5, 5.41) is 28.0. The zero-order chi connectivity index (χ0) is 43.0. The molecule has 2 aliphatic carbocycles. The Balaban J connectivity index is 1.46. The molecule has 0 bridgehead atoms. The van der Waals surface area contributed by atoms with Gasteiger partial charge in [0.1, 0.15) is 23.0 Å². The Labute approximate surface area is 358 Å². The summed E-state index contributed by atoms with van der Waals surface area (Å²) in [4.78, 5) is 23.4. The summed E-state index contributed by atoms with van der Waals surface area (Å²) in [5.41, 5.74) is 3.43. The second kappa shape index (κ2) is 19.7. The van der Waals surface area contributed by atoms with Crippen LogP contribution in [-0.4, -0.2) is 85.0 Å². The van der Waals surface area contributed by atoms with Crippen LogP contribution in [0.15, 0.2) is 119 Å². The predicted molar refractivity (Wildman–Crippen MR) is 233 cm³/mol. The van der Waals surface area contributed by atoms with Gasteiger partial charge in [0.05, 0.1) is 29.8 Å². The Bertz CT molecular complexity index is 2330. The summed E-state index contributed by atoms with van der Waals surface area (Å²) in [6.45, 7) is 6.50. The van der Waals surface area contributed by atoms with Gasteiger partial charge in [-0.25, -0.2) is 13.2 Å². The number of allylic oxidation sites excluding steroid dienone is 1. The van der Waals surface area contributed by atoms with E-state index in [-0.39, 0.29) is 55.5 Å². The molecule has 1 fully saturated rings. The Hall–Kier alpha value is -5.12. The number of oxime groups is 1. The van der Waals surface area contributed by atoms with Crippen LogP contribution in [-0.2, 0) is 26.2 Å². The molecule has 7 rings (SSSR count). The number of amides is 1. The number of aliphatic hydroxyl groups excluding tert-OH is 2. The van der Waals surface area contributed by atoms with Crippen molar-refractivity contribution in [3.8, 4) is 11.5 Å². The van der Waals surface area contributed by atoms with Gasteiger partial charge in [-0.1, -0.05) is 78.7 Å². The molecule has 1 saturated carbocycles. The minimum Gasteiger partial charge on any atom is -0.460 e. The van der Waals surface area contributed by atoms with E-state index in [4.69, 9.17) is 24.2 Å². The Kier molecular flexibility index (Phi) is 14.2. The van der Waals surface area contributed by atoms with Crippen molar-refractivity contribution in [3.05, 3.63) is 120 Å². The molecule has 14 heteroatoms. The van der Waals surface area contributed by atoms with Crippen molar-refractivity contribution in [2.24, 2.45) is 22.9 Å². The lowest BCUT2D eigenvalue weighted by molar-refractivity contribution is -0.250. The Morgan fingerprint density at radius 3 is 2.56 bits per heavy atom. The number of aromatic nitrogens is 1. The number of rotatable bonds is 19. The fraction of sp³-hybridized carbons (Fsp3) is 0.426. The average molecular weight is 853 g/mol. The highest BCUT2D eigenvalue weighted by Gasteiger charge is 2.65. The molecule has 0 radical (unpaired) electrons. The molecule has 0 spiro atoms. The van der Waals surface area contributed by atoms with Gasteiger partial charge >= 0.3 is 6.09 Å². The summed E-state index contributed by atoms with van der Waals surface area (Å²) in [5.74, 6) is -1.93. The number of hydrogen-bond acceptors (Lipinski definition) is 11. The molecule has 1 aliphatic heterocycles. The predicted octanol–water partition coefficient (Wildman–Crippen LogP) is 7.50. The molecule has 324 valence electrons. The highest BCUT2D eigenvalue weighted by atomic mass is 32.2. The fourth-order valence-electron chi connectivity index (χ4n) is 9.42. The van der Waals surface area contributed by atoms with E-state index in [1.807, 2.05) is 55.5 Å². The monoisotopic (exact) mass is 852 g/mol. The van der Waals surface area contributed by atoms with Gasteiger partial charge < -0.3 is 34.6 Å². The van der Waals surface area contributed by atoms with E-state index in [0.717, 1.165) is 36.0 Å². The number of carbonyl (C=O) groups is 1. The van der Waals surface area contributed by atoms with Crippen LogP contribution in [0.5, 0.6) is 11.5 Å². The molecule has 61 heavy (non-hydrogen) atoms. The largest absolute Gasteiger partial charge is 0.460 e. The third-order valence-corrected chi connectivity index (χ3v) is 14.0. The molecular formula is C47H56N4O9S. The number of ether oxygens (including phenoxy) is 3. The van der Waals surface area contributed by atoms with E-state index in [1.54, 1.807) is 49.7 Å². The van der Waals surface area contributed by atoms with E-state index >= 15 is 8.42 Å². The van der Waals surface area contributed by atoms with Crippen LogP contribution in [0.1, 0.15) is 68.9 Å². The maximum absolute atomic E-state index is 15.1. The number of nitrogens with zero attached hydrogens (tertiary/aromatic N) is 3. The SMILES string of the molecule is C=CCO[C@@]12Oc3ccc(OC(=O)NCC)cc3[C@H]3[C@H](CCCCO)[C@@H](CCCCO)C=C(C(=NOCc4ccccc4)C[C@@H]1N(C)S(=O)(=O)c1cccc4cccnc14)[C@H]32. The molecule has 0 saturated heterocycles. The van der Waals surface area contributed by atoms with Crippen molar-refractivity contribution in [2.75, 3.05) is 33.4 Å². The van der Waals surface area contributed by atoms with Gasteiger partial charge in [-0.15, -0.1) is 6.58 Å². The highest BCUT2D eigenvalue weighted by Crippen LogP contribution is 2.62. The number of fused-ring (bicyclic) bond motifs is 3. The minimum atomic E-state index is -4.30.